The van der Waals surface area contributed by atoms with E-state index < -0.39 is 0 Å². The summed E-state index contributed by atoms with van der Waals surface area (Å²) in [6, 6.07) is 3.00. The largest absolute Gasteiger partial charge is 0.355 e. The summed E-state index contributed by atoms with van der Waals surface area (Å²) in [6.45, 7) is 5.47. The van der Waals surface area contributed by atoms with Crippen LogP contribution in [-0.2, 0) is 11.2 Å². The minimum Gasteiger partial charge on any atom is -0.355 e. The molecule has 1 fully saturated rings. The molecular weight excluding hydrogens is 226 g/mol. The zero-order valence-corrected chi connectivity index (χ0v) is 11.5. The van der Waals surface area contributed by atoms with Gasteiger partial charge in [-0.2, -0.15) is 0 Å². The topological polar surface area (TPSA) is 46.1 Å². The molecule has 18 heavy (non-hydrogen) atoms. The number of nitrogens with zero attached hydrogens (tertiary/aromatic N) is 1. The summed E-state index contributed by atoms with van der Waals surface area (Å²) in [5, 5.41) is 5.77. The molecule has 2 N–H and O–H groups in total. The summed E-state index contributed by atoms with van der Waals surface area (Å²) in [5.74, 6) is 0.0634. The van der Waals surface area contributed by atoms with Crippen LogP contribution in [0.2, 0.25) is 0 Å². The Morgan fingerprint density at radius 2 is 2.17 bits per heavy atom. The average molecular weight is 249 g/mol. The van der Waals surface area contributed by atoms with Crippen LogP contribution in [0.15, 0.2) is 6.07 Å². The molecule has 4 heteroatoms. The number of carbonyl (C=O) groups is 1. The van der Waals surface area contributed by atoms with E-state index in [2.05, 4.69) is 35.1 Å². The van der Waals surface area contributed by atoms with Crippen LogP contribution >= 0.6 is 0 Å². The first kappa shape index (κ1) is 13.1. The van der Waals surface area contributed by atoms with Gasteiger partial charge in [-0.3, -0.25) is 4.79 Å². The fourth-order valence-electron chi connectivity index (χ4n) is 2.55. The predicted molar refractivity (Wildman–Crippen MR) is 72.8 cm³/mol. The third-order valence-electron chi connectivity index (χ3n) is 3.56. The molecule has 0 spiro atoms. The number of aryl methyl sites for hydroxylation is 1. The Bertz CT molecular complexity index is 432. The highest BCUT2D eigenvalue weighted by Crippen LogP contribution is 2.38. The molecule has 1 amide bonds. The normalized spacial score (nSPS) is 14.8. The summed E-state index contributed by atoms with van der Waals surface area (Å²) >= 11 is 0. The molecule has 1 aliphatic rings. The van der Waals surface area contributed by atoms with Crippen molar-refractivity contribution in [3.8, 4) is 0 Å². The highest BCUT2D eigenvalue weighted by Gasteiger charge is 2.26. The Kier molecular flexibility index (Phi) is 4.07. The first-order valence-corrected chi connectivity index (χ1v) is 6.72. The number of amides is 1. The minimum absolute atomic E-state index is 0.0634. The highest BCUT2D eigenvalue weighted by atomic mass is 16.1. The molecular formula is C14H23N3O. The lowest BCUT2D eigenvalue weighted by Gasteiger charge is -2.08. The summed E-state index contributed by atoms with van der Waals surface area (Å²) in [7, 11) is 1.78. The van der Waals surface area contributed by atoms with Crippen LogP contribution in [0.3, 0.4) is 0 Å². The van der Waals surface area contributed by atoms with Gasteiger partial charge in [0.1, 0.15) is 0 Å². The number of aromatic nitrogens is 1. The second-order valence-corrected chi connectivity index (χ2v) is 5.13. The van der Waals surface area contributed by atoms with Crippen molar-refractivity contribution in [1.29, 1.82) is 0 Å². The van der Waals surface area contributed by atoms with E-state index in [0.29, 0.717) is 6.54 Å². The molecule has 1 aliphatic carbocycles. The van der Waals surface area contributed by atoms with Gasteiger partial charge in [0, 0.05) is 24.0 Å². The van der Waals surface area contributed by atoms with E-state index in [1.807, 2.05) is 0 Å². The second-order valence-electron chi connectivity index (χ2n) is 5.13. The number of hydrogen-bond donors (Lipinski definition) is 2. The third kappa shape index (κ3) is 2.93. The Labute approximate surface area is 109 Å². The number of rotatable bonds is 6. The van der Waals surface area contributed by atoms with Crippen LogP contribution in [0.5, 0.6) is 0 Å². The standard InChI is InChI=1S/C14H23N3O/c1-10-8-12(6-7-16-14(18)9-15-3)11(2)17(10)13-4-5-13/h8,13,15H,4-7,9H2,1-3H3,(H,16,18). The van der Waals surface area contributed by atoms with Crippen LogP contribution in [0, 0.1) is 13.8 Å². The zero-order valence-electron chi connectivity index (χ0n) is 11.5. The summed E-state index contributed by atoms with van der Waals surface area (Å²) in [4.78, 5) is 11.3. The van der Waals surface area contributed by atoms with Crippen molar-refractivity contribution in [2.24, 2.45) is 0 Å². The smallest absolute Gasteiger partial charge is 0.233 e. The Balaban J connectivity index is 1.90. The van der Waals surface area contributed by atoms with Crippen LogP contribution in [0.25, 0.3) is 0 Å². The van der Waals surface area contributed by atoms with Crippen LogP contribution in [0.1, 0.15) is 35.8 Å². The quantitative estimate of drug-likeness (QED) is 0.798. The maximum Gasteiger partial charge on any atom is 0.233 e. The Morgan fingerprint density at radius 3 is 2.78 bits per heavy atom. The van der Waals surface area contributed by atoms with Crippen LogP contribution in [0.4, 0.5) is 0 Å². The third-order valence-corrected chi connectivity index (χ3v) is 3.56. The maximum atomic E-state index is 11.3. The molecule has 1 aromatic heterocycles. The molecule has 0 aliphatic heterocycles. The highest BCUT2D eigenvalue weighted by molar-refractivity contribution is 5.77. The fourth-order valence-corrected chi connectivity index (χ4v) is 2.55. The minimum atomic E-state index is 0.0634. The van der Waals surface area contributed by atoms with Gasteiger partial charge >= 0.3 is 0 Å². The summed E-state index contributed by atoms with van der Waals surface area (Å²) < 4.78 is 2.45. The summed E-state index contributed by atoms with van der Waals surface area (Å²) in [5.41, 5.74) is 4.09. The van der Waals surface area contributed by atoms with Gasteiger partial charge in [-0.25, -0.2) is 0 Å². The molecule has 0 radical (unpaired) electrons. The molecule has 1 saturated carbocycles. The van der Waals surface area contributed by atoms with E-state index in [1.165, 1.54) is 29.8 Å². The predicted octanol–water partition coefficient (Wildman–Crippen LogP) is 1.32. The molecule has 0 unspecified atom stereocenters. The van der Waals surface area contributed by atoms with E-state index in [9.17, 15) is 4.79 Å². The van der Waals surface area contributed by atoms with Gasteiger partial charge in [0.05, 0.1) is 6.54 Å². The molecule has 0 aromatic carbocycles. The van der Waals surface area contributed by atoms with Gasteiger partial charge in [-0.15, -0.1) is 0 Å². The molecule has 2 rings (SSSR count). The lowest BCUT2D eigenvalue weighted by atomic mass is 10.2. The Morgan fingerprint density at radius 1 is 1.44 bits per heavy atom. The van der Waals surface area contributed by atoms with Gasteiger partial charge in [0.15, 0.2) is 0 Å². The van der Waals surface area contributed by atoms with Gasteiger partial charge in [0.25, 0.3) is 0 Å². The van der Waals surface area contributed by atoms with E-state index in [4.69, 9.17) is 0 Å². The molecule has 4 nitrogen and oxygen atoms in total. The van der Waals surface area contributed by atoms with Gasteiger partial charge < -0.3 is 15.2 Å². The average Bonchev–Trinajstić information content (AvgIpc) is 3.08. The molecule has 1 heterocycles. The van der Waals surface area contributed by atoms with Gasteiger partial charge in [0.2, 0.25) is 5.91 Å². The maximum absolute atomic E-state index is 11.3. The van der Waals surface area contributed by atoms with Crippen molar-refractivity contribution in [2.45, 2.75) is 39.2 Å². The van der Waals surface area contributed by atoms with Gasteiger partial charge in [-0.05, 0) is 51.8 Å². The molecule has 100 valence electrons. The fraction of sp³-hybridized carbons (Fsp3) is 0.643. The van der Waals surface area contributed by atoms with Crippen molar-refractivity contribution in [3.63, 3.8) is 0 Å². The van der Waals surface area contributed by atoms with E-state index >= 15 is 0 Å². The van der Waals surface area contributed by atoms with Crippen molar-refractivity contribution in [1.82, 2.24) is 15.2 Å². The lowest BCUT2D eigenvalue weighted by Crippen LogP contribution is -2.33. The molecule has 0 bridgehead atoms. The van der Waals surface area contributed by atoms with Gasteiger partial charge in [-0.1, -0.05) is 0 Å². The van der Waals surface area contributed by atoms with Crippen LogP contribution < -0.4 is 10.6 Å². The molecule has 0 saturated heterocycles. The number of nitrogens with one attached hydrogen (secondary N) is 2. The van der Waals surface area contributed by atoms with Crippen molar-refractivity contribution in [3.05, 3.63) is 23.0 Å². The van der Waals surface area contributed by atoms with Crippen molar-refractivity contribution >= 4 is 5.91 Å². The monoisotopic (exact) mass is 249 g/mol. The van der Waals surface area contributed by atoms with Crippen LogP contribution in [-0.4, -0.2) is 30.6 Å². The van der Waals surface area contributed by atoms with E-state index in [1.54, 1.807) is 7.05 Å². The lowest BCUT2D eigenvalue weighted by molar-refractivity contribution is -0.120. The number of likely N-dealkylation sites (N-methyl/N-ethyl adjacent to an activating group) is 1. The number of carbonyl (C=O) groups excluding carboxylic acids is 1. The SMILES string of the molecule is CNCC(=O)NCCc1cc(C)n(C2CC2)c1C. The first-order chi connectivity index (χ1) is 8.63. The van der Waals surface area contributed by atoms with E-state index in [-0.39, 0.29) is 5.91 Å². The Hall–Kier alpha value is -1.29. The van der Waals surface area contributed by atoms with E-state index in [0.717, 1.165) is 19.0 Å². The van der Waals surface area contributed by atoms with Crippen molar-refractivity contribution in [2.75, 3.05) is 20.1 Å². The second kappa shape index (κ2) is 5.57. The zero-order chi connectivity index (χ0) is 13.1. The molecule has 0 atom stereocenters. The molecule has 1 aromatic rings. The first-order valence-electron chi connectivity index (χ1n) is 6.72. The van der Waals surface area contributed by atoms with Crippen molar-refractivity contribution < 1.29 is 4.79 Å². The summed E-state index contributed by atoms with van der Waals surface area (Å²) in [6.07, 6.45) is 3.55. The number of hydrogen-bond acceptors (Lipinski definition) is 2.